The molecule has 0 heterocycles. The van der Waals surface area contributed by atoms with Gasteiger partial charge in [0.25, 0.3) is 0 Å². The van der Waals surface area contributed by atoms with E-state index in [-0.39, 0.29) is 0 Å². The number of nitrogens with zero attached hydrogens (tertiary/aromatic N) is 1. The number of aliphatic imine (C=N–C) groups is 1. The predicted molar refractivity (Wildman–Crippen MR) is 59.9 cm³/mol. The van der Waals surface area contributed by atoms with Gasteiger partial charge in [-0.1, -0.05) is 19.8 Å². The van der Waals surface area contributed by atoms with E-state index in [1.165, 1.54) is 32.1 Å². The van der Waals surface area contributed by atoms with Gasteiger partial charge in [-0.05, 0) is 24.7 Å². The fourth-order valence-electron chi connectivity index (χ4n) is 2.16. The molecular formula is C10H22N4. The van der Waals surface area contributed by atoms with Crippen molar-refractivity contribution in [1.82, 2.24) is 10.7 Å². The number of nitrogens with two attached hydrogens (primary N) is 1. The monoisotopic (exact) mass is 198 g/mol. The van der Waals surface area contributed by atoms with E-state index in [4.69, 9.17) is 5.84 Å². The van der Waals surface area contributed by atoms with E-state index in [1.807, 2.05) is 0 Å². The van der Waals surface area contributed by atoms with Crippen LogP contribution in [0, 0.1) is 5.41 Å². The highest BCUT2D eigenvalue weighted by Gasteiger charge is 2.27. The summed E-state index contributed by atoms with van der Waals surface area (Å²) in [4.78, 5) is 3.96. The van der Waals surface area contributed by atoms with E-state index < -0.39 is 0 Å². The maximum absolute atomic E-state index is 5.27. The maximum Gasteiger partial charge on any atom is 0.205 e. The van der Waals surface area contributed by atoms with Gasteiger partial charge in [-0.3, -0.25) is 10.4 Å². The Labute approximate surface area is 86.3 Å². The second-order valence-electron chi connectivity index (χ2n) is 4.41. The Kier molecular flexibility index (Phi) is 4.20. The van der Waals surface area contributed by atoms with Crippen LogP contribution in [0.2, 0.25) is 0 Å². The van der Waals surface area contributed by atoms with E-state index in [0.29, 0.717) is 11.4 Å². The molecule has 4 nitrogen and oxygen atoms in total. The van der Waals surface area contributed by atoms with Gasteiger partial charge in [0.1, 0.15) is 0 Å². The summed E-state index contributed by atoms with van der Waals surface area (Å²) < 4.78 is 0. The molecule has 0 unspecified atom stereocenters. The minimum absolute atomic E-state index is 0.542. The number of hydrogen-bond acceptors (Lipinski definition) is 2. The second-order valence-corrected chi connectivity index (χ2v) is 4.41. The molecule has 0 aromatic carbocycles. The fraction of sp³-hybridized carbons (Fsp3) is 0.900. The summed E-state index contributed by atoms with van der Waals surface area (Å²) in [7, 11) is 1.72. The summed E-state index contributed by atoms with van der Waals surface area (Å²) in [6, 6.07) is 0. The van der Waals surface area contributed by atoms with Crippen LogP contribution in [0.3, 0.4) is 0 Å². The number of hydrogen-bond donors (Lipinski definition) is 3. The topological polar surface area (TPSA) is 62.4 Å². The van der Waals surface area contributed by atoms with Gasteiger partial charge in [0.15, 0.2) is 0 Å². The molecule has 1 rings (SSSR count). The zero-order valence-corrected chi connectivity index (χ0v) is 9.27. The lowest BCUT2D eigenvalue weighted by Gasteiger charge is -2.23. The van der Waals surface area contributed by atoms with Crippen molar-refractivity contribution in [3.63, 3.8) is 0 Å². The van der Waals surface area contributed by atoms with Crippen LogP contribution >= 0.6 is 0 Å². The van der Waals surface area contributed by atoms with Crippen LogP contribution in [0.4, 0.5) is 0 Å². The molecule has 14 heavy (non-hydrogen) atoms. The van der Waals surface area contributed by atoms with Gasteiger partial charge in [0, 0.05) is 13.6 Å². The SMILES string of the molecule is CN=C(NN)NCCC1(C)CCCC1. The molecule has 4 N–H and O–H groups in total. The van der Waals surface area contributed by atoms with Crippen molar-refractivity contribution in [2.24, 2.45) is 16.3 Å². The molecule has 0 aromatic heterocycles. The van der Waals surface area contributed by atoms with Crippen molar-refractivity contribution in [3.8, 4) is 0 Å². The summed E-state index contributed by atoms with van der Waals surface area (Å²) in [5.41, 5.74) is 3.07. The number of rotatable bonds is 3. The molecule has 0 amide bonds. The van der Waals surface area contributed by atoms with Gasteiger partial charge in [-0.25, -0.2) is 5.84 Å². The molecule has 0 bridgehead atoms. The van der Waals surface area contributed by atoms with Gasteiger partial charge < -0.3 is 5.32 Å². The number of hydrazine groups is 1. The Bertz CT molecular complexity index is 194. The lowest BCUT2D eigenvalue weighted by molar-refractivity contribution is 0.309. The van der Waals surface area contributed by atoms with Gasteiger partial charge in [0.05, 0.1) is 0 Å². The number of nitrogens with one attached hydrogen (secondary N) is 2. The molecule has 4 heteroatoms. The van der Waals surface area contributed by atoms with Crippen LogP contribution in [0.1, 0.15) is 39.0 Å². The summed E-state index contributed by atoms with van der Waals surface area (Å²) >= 11 is 0. The van der Waals surface area contributed by atoms with Crippen molar-refractivity contribution in [2.75, 3.05) is 13.6 Å². The highest BCUT2D eigenvalue weighted by molar-refractivity contribution is 5.78. The Hall–Kier alpha value is -0.770. The molecule has 1 saturated carbocycles. The molecule has 0 saturated heterocycles. The highest BCUT2D eigenvalue weighted by Crippen LogP contribution is 2.39. The third-order valence-electron chi connectivity index (χ3n) is 3.19. The molecular weight excluding hydrogens is 176 g/mol. The first-order valence-corrected chi connectivity index (χ1v) is 5.37. The minimum atomic E-state index is 0.542. The molecule has 82 valence electrons. The normalized spacial score (nSPS) is 20.9. The van der Waals surface area contributed by atoms with Crippen molar-refractivity contribution in [2.45, 2.75) is 39.0 Å². The lowest BCUT2D eigenvalue weighted by Crippen LogP contribution is -2.42. The van der Waals surface area contributed by atoms with Crippen molar-refractivity contribution >= 4 is 5.96 Å². The molecule has 0 radical (unpaired) electrons. The Morgan fingerprint density at radius 1 is 1.43 bits per heavy atom. The second kappa shape index (κ2) is 5.20. The summed E-state index contributed by atoms with van der Waals surface area (Å²) in [5.74, 6) is 5.94. The van der Waals surface area contributed by atoms with Crippen LogP contribution in [0.25, 0.3) is 0 Å². The smallest absolute Gasteiger partial charge is 0.205 e. The van der Waals surface area contributed by atoms with E-state index in [0.717, 1.165) is 6.54 Å². The average Bonchev–Trinajstić information content (AvgIpc) is 2.60. The van der Waals surface area contributed by atoms with E-state index in [2.05, 4.69) is 22.7 Å². The number of guanidine groups is 1. The van der Waals surface area contributed by atoms with E-state index in [1.54, 1.807) is 7.05 Å². The zero-order valence-electron chi connectivity index (χ0n) is 9.27. The minimum Gasteiger partial charge on any atom is -0.355 e. The van der Waals surface area contributed by atoms with Gasteiger partial charge in [0.2, 0.25) is 5.96 Å². The summed E-state index contributed by atoms with van der Waals surface area (Å²) in [6.07, 6.45) is 6.71. The van der Waals surface area contributed by atoms with Gasteiger partial charge in [-0.15, -0.1) is 0 Å². The fourth-order valence-corrected chi connectivity index (χ4v) is 2.16. The zero-order chi connectivity index (χ0) is 10.4. The largest absolute Gasteiger partial charge is 0.355 e. The molecule has 1 aliphatic carbocycles. The molecule has 0 aliphatic heterocycles. The Morgan fingerprint density at radius 3 is 2.57 bits per heavy atom. The summed E-state index contributed by atoms with van der Waals surface area (Å²) in [6.45, 7) is 3.33. The van der Waals surface area contributed by atoms with Crippen molar-refractivity contribution < 1.29 is 0 Å². The van der Waals surface area contributed by atoms with Crippen LogP contribution in [-0.4, -0.2) is 19.6 Å². The quantitative estimate of drug-likeness (QED) is 0.274. The van der Waals surface area contributed by atoms with Crippen molar-refractivity contribution in [3.05, 3.63) is 0 Å². The van der Waals surface area contributed by atoms with Crippen LogP contribution < -0.4 is 16.6 Å². The third kappa shape index (κ3) is 3.18. The van der Waals surface area contributed by atoms with Crippen molar-refractivity contribution in [1.29, 1.82) is 0 Å². The van der Waals surface area contributed by atoms with Crippen LogP contribution in [-0.2, 0) is 0 Å². The molecule has 1 fully saturated rings. The average molecular weight is 198 g/mol. The summed E-state index contributed by atoms with van der Waals surface area (Å²) in [5, 5.41) is 3.19. The first-order chi connectivity index (χ1) is 6.70. The third-order valence-corrected chi connectivity index (χ3v) is 3.19. The van der Waals surface area contributed by atoms with E-state index >= 15 is 0 Å². The van der Waals surface area contributed by atoms with E-state index in [9.17, 15) is 0 Å². The molecule has 0 atom stereocenters. The van der Waals surface area contributed by atoms with Gasteiger partial charge in [-0.2, -0.15) is 0 Å². The highest BCUT2D eigenvalue weighted by atomic mass is 15.3. The van der Waals surface area contributed by atoms with Gasteiger partial charge >= 0.3 is 0 Å². The molecule has 1 aliphatic rings. The lowest BCUT2D eigenvalue weighted by atomic mass is 9.85. The first kappa shape index (κ1) is 11.3. The Balaban J connectivity index is 2.20. The van der Waals surface area contributed by atoms with Crippen LogP contribution in [0.5, 0.6) is 0 Å². The predicted octanol–water partition coefficient (Wildman–Crippen LogP) is 0.995. The maximum atomic E-state index is 5.27. The first-order valence-electron chi connectivity index (χ1n) is 5.37. The standard InChI is InChI=1S/C10H22N4/c1-10(5-3-4-6-10)7-8-13-9(12-2)14-11/h3-8,11H2,1-2H3,(H2,12,13,14). The molecule has 0 aromatic rings. The Morgan fingerprint density at radius 2 is 2.07 bits per heavy atom. The molecule has 0 spiro atoms. The van der Waals surface area contributed by atoms with Crippen LogP contribution in [0.15, 0.2) is 4.99 Å².